The van der Waals surface area contributed by atoms with Crippen LogP contribution in [0.3, 0.4) is 0 Å². The Morgan fingerprint density at radius 2 is 1.80 bits per heavy atom. The fraction of sp³-hybridized carbons (Fsp3) is 0.300. The van der Waals surface area contributed by atoms with Crippen LogP contribution in [0.15, 0.2) is 88.6 Å². The van der Waals surface area contributed by atoms with E-state index in [2.05, 4.69) is 36.2 Å². The van der Waals surface area contributed by atoms with E-state index in [0.29, 0.717) is 34.8 Å². The van der Waals surface area contributed by atoms with Gasteiger partial charge in [0, 0.05) is 41.7 Å². The van der Waals surface area contributed by atoms with Gasteiger partial charge in [0.05, 0.1) is 15.5 Å². The van der Waals surface area contributed by atoms with Gasteiger partial charge in [-0.2, -0.15) is 15.0 Å². The van der Waals surface area contributed by atoms with Crippen LogP contribution >= 0.6 is 22.4 Å². The Bertz CT molecular complexity index is 1360. The molecule has 10 heteroatoms. The number of ether oxygens (including phenoxy) is 1. The second kappa shape index (κ2) is 12.6. The van der Waals surface area contributed by atoms with Crippen molar-refractivity contribution in [3.05, 3.63) is 84.4 Å². The van der Waals surface area contributed by atoms with Gasteiger partial charge < -0.3 is 20.1 Å². The molecule has 214 valence electrons. The molecule has 3 aromatic rings. The molecule has 7 nitrogen and oxygen atoms in total. The number of nitrogens with zero attached hydrogens (tertiary/aromatic N) is 1. The first-order chi connectivity index (χ1) is 19.1. The number of aliphatic carboxylic acids is 1. The van der Waals surface area contributed by atoms with E-state index >= 15 is 0 Å². The van der Waals surface area contributed by atoms with Crippen LogP contribution in [0.25, 0.3) is 0 Å². The van der Waals surface area contributed by atoms with Crippen LogP contribution in [0.2, 0.25) is 0 Å². The van der Waals surface area contributed by atoms with Crippen molar-refractivity contribution in [2.24, 2.45) is 5.41 Å². The van der Waals surface area contributed by atoms with Gasteiger partial charge >= 0.3 is 5.97 Å². The van der Waals surface area contributed by atoms with Gasteiger partial charge in [-0.1, -0.05) is 44.2 Å². The highest BCUT2D eigenvalue weighted by Crippen LogP contribution is 2.61. The SMILES string of the molecule is CCC1(CC)CN(c2ccc(NCc3ccccc3)cc2)c2cc(SC)c(O/C=C(\F)C(=O)O)cc2S(O)(O)C1. The highest BCUT2D eigenvalue weighted by atomic mass is 32.3. The summed E-state index contributed by atoms with van der Waals surface area (Å²) in [4.78, 5) is 13.9. The van der Waals surface area contributed by atoms with Gasteiger partial charge in [0.25, 0.3) is 0 Å². The summed E-state index contributed by atoms with van der Waals surface area (Å²) in [5.41, 5.74) is 3.29. The third-order valence-corrected chi connectivity index (χ3v) is 10.2. The predicted molar refractivity (Wildman–Crippen MR) is 162 cm³/mol. The molecule has 0 fully saturated rings. The van der Waals surface area contributed by atoms with E-state index in [1.165, 1.54) is 23.4 Å². The summed E-state index contributed by atoms with van der Waals surface area (Å²) in [6, 6.07) is 21.5. The molecule has 0 spiro atoms. The first-order valence-corrected chi connectivity index (χ1v) is 15.9. The summed E-state index contributed by atoms with van der Waals surface area (Å²) in [6.07, 6.45) is 3.83. The first kappa shape index (κ1) is 29.8. The van der Waals surface area contributed by atoms with Crippen molar-refractivity contribution in [2.45, 2.75) is 43.0 Å². The average Bonchev–Trinajstić information content (AvgIpc) is 3.06. The summed E-state index contributed by atoms with van der Waals surface area (Å²) in [5.74, 6) is -2.87. The standard InChI is InChI=1S/C30H35FN2O5S2/c1-4-30(5-2)19-33(23-13-11-22(12-14-23)32-17-21-9-7-6-8-10-21)25-15-27(39-3)26(38-18-24(31)29(34)35)16-28(25)40(36,37)20-30/h6-16,18,32,36-37H,4-5,17,19-20H2,1-3H3,(H,34,35)/b24-18-. The van der Waals surface area contributed by atoms with E-state index in [9.17, 15) is 18.3 Å². The lowest BCUT2D eigenvalue weighted by molar-refractivity contribution is -0.134. The van der Waals surface area contributed by atoms with Gasteiger partial charge in [-0.05, 0) is 55.0 Å². The monoisotopic (exact) mass is 586 g/mol. The summed E-state index contributed by atoms with van der Waals surface area (Å²) in [5, 5.41) is 12.3. The molecule has 0 aliphatic carbocycles. The number of anilines is 3. The minimum absolute atomic E-state index is 0.156. The maximum atomic E-state index is 13.7. The molecule has 0 saturated carbocycles. The van der Waals surface area contributed by atoms with Crippen LogP contribution in [-0.2, 0) is 11.3 Å². The molecule has 0 saturated heterocycles. The molecule has 1 heterocycles. The number of rotatable bonds is 10. The fourth-order valence-electron chi connectivity index (χ4n) is 4.86. The number of carboxylic acids is 1. The Labute approximate surface area is 240 Å². The van der Waals surface area contributed by atoms with Crippen LogP contribution < -0.4 is 15.0 Å². The Morgan fingerprint density at radius 1 is 1.12 bits per heavy atom. The lowest BCUT2D eigenvalue weighted by Gasteiger charge is -2.40. The van der Waals surface area contributed by atoms with Gasteiger partial charge in [0.1, 0.15) is 12.0 Å². The Balaban J connectivity index is 1.76. The van der Waals surface area contributed by atoms with E-state index in [1.54, 1.807) is 6.07 Å². The zero-order valence-corrected chi connectivity index (χ0v) is 24.4. The second-order valence-electron chi connectivity index (χ2n) is 9.85. The number of halogens is 1. The third kappa shape index (κ3) is 6.58. The number of thioether (sulfide) groups is 1. The van der Waals surface area contributed by atoms with Crippen molar-refractivity contribution in [3.8, 4) is 5.75 Å². The fourth-order valence-corrected chi connectivity index (χ4v) is 7.71. The molecular weight excluding hydrogens is 551 g/mol. The third-order valence-electron chi connectivity index (χ3n) is 7.40. The summed E-state index contributed by atoms with van der Waals surface area (Å²) in [6.45, 7) is 5.39. The van der Waals surface area contributed by atoms with Gasteiger partial charge in [-0.15, -0.1) is 11.8 Å². The van der Waals surface area contributed by atoms with Crippen molar-refractivity contribution in [3.63, 3.8) is 0 Å². The zero-order chi connectivity index (χ0) is 28.9. The van der Waals surface area contributed by atoms with Crippen molar-refractivity contribution in [1.29, 1.82) is 0 Å². The maximum absolute atomic E-state index is 13.7. The van der Waals surface area contributed by atoms with E-state index in [0.717, 1.165) is 24.2 Å². The Hall–Kier alpha value is -3.18. The molecule has 3 aromatic carbocycles. The minimum atomic E-state index is -3.28. The summed E-state index contributed by atoms with van der Waals surface area (Å²) < 4.78 is 42.1. The highest BCUT2D eigenvalue weighted by molar-refractivity contribution is 8.24. The van der Waals surface area contributed by atoms with Crippen LogP contribution in [0.1, 0.15) is 32.3 Å². The van der Waals surface area contributed by atoms with E-state index in [-0.39, 0.29) is 16.9 Å². The number of hydrogen-bond donors (Lipinski definition) is 4. The largest absolute Gasteiger partial charge is 0.476 e. The Kier molecular flexibility index (Phi) is 9.35. The normalized spacial score (nSPS) is 16.9. The number of hydrogen-bond acceptors (Lipinski definition) is 7. The van der Waals surface area contributed by atoms with E-state index in [4.69, 9.17) is 9.84 Å². The summed E-state index contributed by atoms with van der Waals surface area (Å²) >= 11 is 1.34. The van der Waals surface area contributed by atoms with Crippen molar-refractivity contribution in [1.82, 2.24) is 0 Å². The van der Waals surface area contributed by atoms with Crippen molar-refractivity contribution in [2.75, 3.05) is 28.8 Å². The summed E-state index contributed by atoms with van der Waals surface area (Å²) in [7, 11) is -3.28. The number of fused-ring (bicyclic) bond motifs is 1. The number of benzene rings is 3. The van der Waals surface area contributed by atoms with Gasteiger partial charge in [-0.3, -0.25) is 9.11 Å². The molecule has 0 bridgehead atoms. The molecule has 0 atom stereocenters. The van der Waals surface area contributed by atoms with Crippen LogP contribution in [0.5, 0.6) is 5.75 Å². The van der Waals surface area contributed by atoms with Gasteiger partial charge in [0.2, 0.25) is 5.83 Å². The van der Waals surface area contributed by atoms with Crippen LogP contribution in [-0.4, -0.2) is 38.7 Å². The molecule has 0 aromatic heterocycles. The lowest BCUT2D eigenvalue weighted by atomic mass is 9.83. The molecule has 1 aliphatic rings. The first-order valence-electron chi connectivity index (χ1n) is 13.0. The zero-order valence-electron chi connectivity index (χ0n) is 22.8. The molecule has 0 radical (unpaired) electrons. The number of nitrogens with one attached hydrogen (secondary N) is 1. The molecule has 1 aliphatic heterocycles. The van der Waals surface area contributed by atoms with Crippen molar-refractivity contribution < 1.29 is 28.1 Å². The smallest absolute Gasteiger partial charge is 0.368 e. The second-order valence-corrected chi connectivity index (χ2v) is 12.8. The average molecular weight is 587 g/mol. The number of carbonyl (C=O) groups is 1. The molecule has 0 amide bonds. The van der Waals surface area contributed by atoms with Gasteiger partial charge in [-0.25, -0.2) is 4.79 Å². The van der Waals surface area contributed by atoms with Crippen LogP contribution in [0.4, 0.5) is 21.5 Å². The number of carboxylic acid groups (broad SMARTS) is 1. The van der Waals surface area contributed by atoms with E-state index < -0.39 is 22.4 Å². The lowest BCUT2D eigenvalue weighted by Crippen LogP contribution is -2.36. The molecule has 0 unspecified atom stereocenters. The predicted octanol–water partition coefficient (Wildman–Crippen LogP) is 8.36. The highest BCUT2D eigenvalue weighted by Gasteiger charge is 2.41. The van der Waals surface area contributed by atoms with Gasteiger partial charge in [0.15, 0.2) is 0 Å². The topological polar surface area (TPSA) is 102 Å². The minimum Gasteiger partial charge on any atom is -0.476 e. The Morgan fingerprint density at radius 3 is 2.40 bits per heavy atom. The molecule has 4 N–H and O–H groups in total. The van der Waals surface area contributed by atoms with Crippen molar-refractivity contribution >= 4 is 45.4 Å². The quantitative estimate of drug-likeness (QED) is 0.107. The molecular formula is C30H35FN2O5S2. The van der Waals surface area contributed by atoms with E-state index in [1.807, 2.05) is 48.7 Å². The maximum Gasteiger partial charge on any atom is 0.368 e. The van der Waals surface area contributed by atoms with Crippen LogP contribution in [0, 0.1) is 5.41 Å². The molecule has 40 heavy (non-hydrogen) atoms. The molecule has 4 rings (SSSR count).